The number of carbonyl (C=O) groups is 1. The molecular formula is C10H8BrClF2O2. The number of halogens is 4. The number of rotatable bonds is 4. The van der Waals surface area contributed by atoms with Crippen molar-refractivity contribution in [1.29, 1.82) is 0 Å². The first-order valence-electron chi connectivity index (χ1n) is 4.31. The average molecular weight is 314 g/mol. The van der Waals surface area contributed by atoms with E-state index in [2.05, 4.69) is 20.7 Å². The van der Waals surface area contributed by atoms with Gasteiger partial charge in [-0.1, -0.05) is 33.6 Å². The van der Waals surface area contributed by atoms with Gasteiger partial charge in [0.25, 0.3) is 0 Å². The summed E-state index contributed by atoms with van der Waals surface area (Å²) in [7, 11) is 0. The summed E-state index contributed by atoms with van der Waals surface area (Å²) in [6.07, 6.45) is 0. The molecule has 0 aromatic heterocycles. The van der Waals surface area contributed by atoms with Crippen LogP contribution in [0.4, 0.5) is 8.78 Å². The van der Waals surface area contributed by atoms with Crippen molar-refractivity contribution in [2.75, 3.05) is 0 Å². The number of alkyl halides is 3. The maximum Gasteiger partial charge on any atom is 0.387 e. The van der Waals surface area contributed by atoms with Crippen molar-refractivity contribution in [2.45, 2.75) is 18.4 Å². The Morgan fingerprint density at radius 2 is 2.12 bits per heavy atom. The molecule has 0 saturated carbocycles. The highest BCUT2D eigenvalue weighted by molar-refractivity contribution is 9.09. The highest BCUT2D eigenvalue weighted by Gasteiger charge is 2.22. The van der Waals surface area contributed by atoms with Crippen LogP contribution in [0.5, 0.6) is 5.75 Å². The van der Waals surface area contributed by atoms with E-state index in [-0.39, 0.29) is 22.1 Å². The van der Waals surface area contributed by atoms with Gasteiger partial charge in [0.2, 0.25) is 0 Å². The second kappa shape index (κ2) is 5.59. The van der Waals surface area contributed by atoms with Crippen LogP contribution in [0.15, 0.2) is 18.2 Å². The number of carbonyl (C=O) groups excluding carboxylic acids is 1. The monoisotopic (exact) mass is 312 g/mol. The molecule has 0 heterocycles. The van der Waals surface area contributed by atoms with Crippen LogP contribution in [0.1, 0.15) is 17.3 Å². The Labute approximate surface area is 105 Å². The number of hydrogen-bond acceptors (Lipinski definition) is 2. The number of Topliss-reactive ketones (excluding diaryl/α,β-unsaturated/α-hetero) is 1. The fourth-order valence-corrected chi connectivity index (χ4v) is 2.04. The lowest BCUT2D eigenvalue weighted by atomic mass is 10.1. The molecule has 0 bridgehead atoms. The Kier molecular flexibility index (Phi) is 4.68. The summed E-state index contributed by atoms with van der Waals surface area (Å²) in [6.45, 7) is -1.63. The van der Waals surface area contributed by atoms with Gasteiger partial charge in [-0.05, 0) is 19.1 Å². The van der Waals surface area contributed by atoms with Crippen molar-refractivity contribution in [1.82, 2.24) is 0 Å². The molecule has 0 saturated heterocycles. The van der Waals surface area contributed by atoms with E-state index < -0.39 is 11.4 Å². The zero-order chi connectivity index (χ0) is 12.3. The quantitative estimate of drug-likeness (QED) is 0.786. The smallest absolute Gasteiger partial charge is 0.387 e. The molecule has 1 unspecified atom stereocenters. The molecule has 2 nitrogen and oxygen atoms in total. The first kappa shape index (κ1) is 13.4. The average Bonchev–Trinajstić information content (AvgIpc) is 2.16. The number of ether oxygens (including phenoxy) is 1. The fraction of sp³-hybridized carbons (Fsp3) is 0.300. The topological polar surface area (TPSA) is 26.3 Å². The van der Waals surface area contributed by atoms with Gasteiger partial charge in [-0.3, -0.25) is 4.79 Å². The van der Waals surface area contributed by atoms with Gasteiger partial charge >= 0.3 is 6.61 Å². The molecule has 0 aliphatic carbocycles. The summed E-state index contributed by atoms with van der Waals surface area (Å²) in [5, 5.41) is 0.204. The van der Waals surface area contributed by atoms with Gasteiger partial charge in [0.05, 0.1) is 0 Å². The lowest BCUT2D eigenvalue weighted by Gasteiger charge is -2.14. The van der Waals surface area contributed by atoms with Crippen LogP contribution in [-0.4, -0.2) is 12.4 Å². The number of hydrogen-bond donors (Lipinski definition) is 0. The molecule has 1 rings (SSSR count). The van der Waals surface area contributed by atoms with Gasteiger partial charge in [0.1, 0.15) is 16.4 Å². The van der Waals surface area contributed by atoms with Gasteiger partial charge < -0.3 is 4.74 Å². The van der Waals surface area contributed by atoms with Gasteiger partial charge in [-0.2, -0.15) is 8.78 Å². The van der Waals surface area contributed by atoms with Crippen LogP contribution in [0, 0.1) is 0 Å². The third-order valence-corrected chi connectivity index (χ3v) is 3.27. The van der Waals surface area contributed by atoms with Crippen LogP contribution >= 0.6 is 27.5 Å². The number of benzene rings is 1. The summed E-state index contributed by atoms with van der Waals surface area (Å²) >= 11 is 8.93. The highest BCUT2D eigenvalue weighted by Crippen LogP contribution is 2.37. The Morgan fingerprint density at radius 1 is 1.50 bits per heavy atom. The molecule has 6 heteroatoms. The standard InChI is InChI=1S/C10H8BrClF2O2/c1-5(15)9(11)8-6(12)3-2-4-7(8)16-10(13)14/h2-4,9-10H,1H3. The van der Waals surface area contributed by atoms with Crippen LogP contribution in [-0.2, 0) is 4.79 Å². The minimum atomic E-state index is -2.95. The molecule has 88 valence electrons. The second-order valence-corrected chi connectivity index (χ2v) is 4.33. The van der Waals surface area contributed by atoms with Crippen LogP contribution in [0.25, 0.3) is 0 Å². The van der Waals surface area contributed by atoms with Crippen molar-refractivity contribution in [2.24, 2.45) is 0 Å². The maximum atomic E-state index is 12.1. The molecule has 0 fully saturated rings. The SMILES string of the molecule is CC(=O)C(Br)c1c(Cl)cccc1OC(F)F. The molecule has 0 spiro atoms. The normalized spacial score (nSPS) is 12.6. The fourth-order valence-electron chi connectivity index (χ4n) is 1.17. The lowest BCUT2D eigenvalue weighted by Crippen LogP contribution is -2.08. The maximum absolute atomic E-state index is 12.1. The second-order valence-electron chi connectivity index (χ2n) is 3.00. The highest BCUT2D eigenvalue weighted by atomic mass is 79.9. The van der Waals surface area contributed by atoms with Gasteiger partial charge in [0.15, 0.2) is 0 Å². The summed E-state index contributed by atoms with van der Waals surface area (Å²) in [6, 6.07) is 4.32. The zero-order valence-corrected chi connectivity index (χ0v) is 10.6. The number of ketones is 1. The van der Waals surface area contributed by atoms with E-state index in [9.17, 15) is 13.6 Å². The van der Waals surface area contributed by atoms with E-state index >= 15 is 0 Å². The van der Waals surface area contributed by atoms with E-state index in [4.69, 9.17) is 11.6 Å². The Bertz CT molecular complexity index is 398. The largest absolute Gasteiger partial charge is 0.434 e. The Hall–Kier alpha value is -0.680. The van der Waals surface area contributed by atoms with Crippen LogP contribution in [0.2, 0.25) is 5.02 Å². The minimum absolute atomic E-state index is 0.0976. The Morgan fingerprint density at radius 3 is 2.62 bits per heavy atom. The summed E-state index contributed by atoms with van der Waals surface area (Å²) in [5.41, 5.74) is 0.219. The van der Waals surface area contributed by atoms with E-state index in [1.165, 1.54) is 25.1 Å². The van der Waals surface area contributed by atoms with E-state index in [1.54, 1.807) is 0 Å². The first-order chi connectivity index (χ1) is 7.43. The predicted molar refractivity (Wildman–Crippen MR) is 60.4 cm³/mol. The van der Waals surface area contributed by atoms with Gasteiger partial charge in [-0.25, -0.2) is 0 Å². The molecule has 0 amide bonds. The molecule has 1 aromatic rings. The molecule has 0 aliphatic heterocycles. The van der Waals surface area contributed by atoms with Gasteiger partial charge in [-0.15, -0.1) is 0 Å². The van der Waals surface area contributed by atoms with Crippen LogP contribution < -0.4 is 4.74 Å². The van der Waals surface area contributed by atoms with E-state index in [0.717, 1.165) is 0 Å². The predicted octanol–water partition coefficient (Wildman–Crippen LogP) is 3.97. The van der Waals surface area contributed by atoms with Crippen molar-refractivity contribution >= 4 is 33.3 Å². The molecule has 0 aliphatic rings. The minimum Gasteiger partial charge on any atom is -0.434 e. The van der Waals surface area contributed by atoms with Crippen molar-refractivity contribution in [3.05, 3.63) is 28.8 Å². The summed E-state index contributed by atoms with van der Waals surface area (Å²) in [4.78, 5) is 10.4. The zero-order valence-electron chi connectivity index (χ0n) is 8.22. The van der Waals surface area contributed by atoms with Gasteiger partial charge in [0, 0.05) is 10.6 Å². The van der Waals surface area contributed by atoms with Crippen molar-refractivity contribution in [3.63, 3.8) is 0 Å². The van der Waals surface area contributed by atoms with Crippen molar-refractivity contribution < 1.29 is 18.3 Å². The van der Waals surface area contributed by atoms with E-state index in [0.29, 0.717) is 0 Å². The molecule has 0 N–H and O–H groups in total. The molecule has 0 radical (unpaired) electrons. The first-order valence-corrected chi connectivity index (χ1v) is 5.60. The van der Waals surface area contributed by atoms with Crippen LogP contribution in [0.3, 0.4) is 0 Å². The summed E-state index contributed by atoms with van der Waals surface area (Å²) in [5.74, 6) is -0.341. The van der Waals surface area contributed by atoms with Crippen molar-refractivity contribution in [3.8, 4) is 5.75 Å². The Balaban J connectivity index is 3.17. The molecule has 1 atom stereocenters. The third-order valence-electron chi connectivity index (χ3n) is 1.84. The summed E-state index contributed by atoms with van der Waals surface area (Å²) < 4.78 is 28.6. The molecule has 16 heavy (non-hydrogen) atoms. The molecular weight excluding hydrogens is 305 g/mol. The third kappa shape index (κ3) is 3.15. The van der Waals surface area contributed by atoms with E-state index in [1.807, 2.05) is 0 Å². The lowest BCUT2D eigenvalue weighted by molar-refractivity contribution is -0.116. The molecule has 1 aromatic carbocycles.